The van der Waals surface area contributed by atoms with Crippen LogP contribution in [-0.2, 0) is 11.2 Å². The van der Waals surface area contributed by atoms with Gasteiger partial charge >= 0.3 is 0 Å². The van der Waals surface area contributed by atoms with E-state index in [9.17, 15) is 9.18 Å². The van der Waals surface area contributed by atoms with Crippen molar-refractivity contribution in [1.29, 1.82) is 0 Å². The third-order valence-corrected chi connectivity index (χ3v) is 4.17. The largest absolute Gasteiger partial charge is 0.340 e. The molecule has 0 aromatic heterocycles. The average Bonchev–Trinajstić information content (AvgIpc) is 2.49. The van der Waals surface area contributed by atoms with Crippen LogP contribution in [0.2, 0.25) is 0 Å². The third kappa shape index (κ3) is 4.25. The maximum Gasteiger partial charge on any atom is 0.227 e. The Hall–Kier alpha value is -1.46. The van der Waals surface area contributed by atoms with Crippen LogP contribution < -0.4 is 5.73 Å². The summed E-state index contributed by atoms with van der Waals surface area (Å²) in [5.74, 6) is -0.222. The number of nitrogens with two attached hydrogens (primary N) is 1. The minimum atomic E-state index is -0.293. The van der Waals surface area contributed by atoms with Crippen molar-refractivity contribution in [1.82, 2.24) is 9.80 Å². The van der Waals surface area contributed by atoms with Gasteiger partial charge in [-0.1, -0.05) is 19.1 Å². The fourth-order valence-electron chi connectivity index (χ4n) is 2.84. The van der Waals surface area contributed by atoms with Crippen LogP contribution in [0.25, 0.3) is 0 Å². The highest BCUT2D eigenvalue weighted by atomic mass is 19.1. The lowest BCUT2D eigenvalue weighted by molar-refractivity contribution is -0.132. The van der Waals surface area contributed by atoms with Gasteiger partial charge in [-0.2, -0.15) is 0 Å². The summed E-state index contributed by atoms with van der Waals surface area (Å²) in [7, 11) is 0. The highest BCUT2D eigenvalue weighted by Crippen LogP contribution is 2.11. The Kier molecular flexibility index (Phi) is 5.70. The number of hydrogen-bond acceptors (Lipinski definition) is 3. The van der Waals surface area contributed by atoms with Gasteiger partial charge in [0.1, 0.15) is 5.82 Å². The van der Waals surface area contributed by atoms with Gasteiger partial charge in [0.05, 0.1) is 6.42 Å². The number of hydrogen-bond donors (Lipinski definition) is 1. The van der Waals surface area contributed by atoms with Crippen molar-refractivity contribution in [2.45, 2.75) is 25.8 Å². The van der Waals surface area contributed by atoms with Crippen molar-refractivity contribution in [2.75, 3.05) is 32.7 Å². The Labute approximate surface area is 125 Å². The molecule has 0 bridgehead atoms. The normalized spacial score (nSPS) is 17.8. The standard InChI is InChI=1S/C16H24FN3O/c1-2-15(12-18)19-6-8-20(9-7-19)16(21)11-13-4-3-5-14(17)10-13/h3-5,10,15H,2,6-9,11-12,18H2,1H3. The molecular formula is C16H24FN3O. The molecule has 1 aromatic carbocycles. The maximum atomic E-state index is 13.1. The van der Waals surface area contributed by atoms with Crippen molar-refractivity contribution in [3.63, 3.8) is 0 Å². The number of amides is 1. The minimum absolute atomic E-state index is 0.0704. The molecule has 2 N–H and O–H groups in total. The van der Waals surface area contributed by atoms with Crippen molar-refractivity contribution in [3.8, 4) is 0 Å². The number of halogens is 1. The lowest BCUT2D eigenvalue weighted by atomic mass is 10.1. The number of rotatable bonds is 5. The maximum absolute atomic E-state index is 13.1. The molecule has 1 heterocycles. The predicted molar refractivity (Wildman–Crippen MR) is 81.4 cm³/mol. The summed E-state index contributed by atoms with van der Waals surface area (Å²) in [6.07, 6.45) is 1.31. The molecule has 1 aliphatic heterocycles. The van der Waals surface area contributed by atoms with E-state index < -0.39 is 0 Å². The molecule has 1 fully saturated rings. The van der Waals surface area contributed by atoms with Crippen molar-refractivity contribution < 1.29 is 9.18 Å². The molecule has 0 radical (unpaired) electrons. The summed E-state index contributed by atoms with van der Waals surface area (Å²) in [5.41, 5.74) is 6.50. The van der Waals surface area contributed by atoms with Crippen molar-refractivity contribution >= 4 is 5.91 Å². The van der Waals surface area contributed by atoms with Crippen LogP contribution in [0.3, 0.4) is 0 Å². The van der Waals surface area contributed by atoms with E-state index in [-0.39, 0.29) is 18.1 Å². The zero-order chi connectivity index (χ0) is 15.2. The Morgan fingerprint density at radius 1 is 1.33 bits per heavy atom. The fourth-order valence-corrected chi connectivity index (χ4v) is 2.84. The van der Waals surface area contributed by atoms with E-state index >= 15 is 0 Å². The van der Waals surface area contributed by atoms with Gasteiger partial charge in [-0.25, -0.2) is 4.39 Å². The van der Waals surface area contributed by atoms with Crippen LogP contribution >= 0.6 is 0 Å². The zero-order valence-corrected chi connectivity index (χ0v) is 12.6. The summed E-state index contributed by atoms with van der Waals surface area (Å²) in [5, 5.41) is 0. The van der Waals surface area contributed by atoms with Gasteiger partial charge in [-0.05, 0) is 24.1 Å². The second-order valence-corrected chi connectivity index (χ2v) is 5.52. The second-order valence-electron chi connectivity index (χ2n) is 5.52. The van der Waals surface area contributed by atoms with Gasteiger partial charge < -0.3 is 10.6 Å². The highest BCUT2D eigenvalue weighted by molar-refractivity contribution is 5.78. The molecule has 2 rings (SSSR count). The molecule has 116 valence electrons. The summed E-state index contributed by atoms with van der Waals surface area (Å²) in [6.45, 7) is 5.98. The van der Waals surface area contributed by atoms with Gasteiger partial charge in [0.2, 0.25) is 5.91 Å². The lowest BCUT2D eigenvalue weighted by Crippen LogP contribution is -2.53. The van der Waals surface area contributed by atoms with Gasteiger partial charge in [-0.3, -0.25) is 9.69 Å². The minimum Gasteiger partial charge on any atom is -0.340 e. The van der Waals surface area contributed by atoms with Crippen molar-refractivity contribution in [2.24, 2.45) is 5.73 Å². The summed E-state index contributed by atoms with van der Waals surface area (Å²) in [4.78, 5) is 16.5. The second kappa shape index (κ2) is 7.52. The third-order valence-electron chi connectivity index (χ3n) is 4.17. The van der Waals surface area contributed by atoms with E-state index in [1.54, 1.807) is 12.1 Å². The number of benzene rings is 1. The molecule has 0 aliphatic carbocycles. The first-order chi connectivity index (χ1) is 10.1. The Morgan fingerprint density at radius 3 is 2.62 bits per heavy atom. The number of carbonyl (C=O) groups excluding carboxylic acids is 1. The number of nitrogens with zero attached hydrogens (tertiary/aromatic N) is 2. The van der Waals surface area contributed by atoms with Gasteiger partial charge in [0, 0.05) is 38.8 Å². The van der Waals surface area contributed by atoms with Crippen molar-refractivity contribution in [3.05, 3.63) is 35.6 Å². The highest BCUT2D eigenvalue weighted by Gasteiger charge is 2.24. The van der Waals surface area contributed by atoms with Crippen LogP contribution in [0.4, 0.5) is 4.39 Å². The van der Waals surface area contributed by atoms with Crippen LogP contribution in [0.15, 0.2) is 24.3 Å². The van der Waals surface area contributed by atoms with E-state index in [1.165, 1.54) is 12.1 Å². The van der Waals surface area contributed by atoms with E-state index in [1.807, 2.05) is 4.90 Å². The van der Waals surface area contributed by atoms with Crippen LogP contribution in [-0.4, -0.2) is 54.5 Å². The molecule has 1 atom stereocenters. The van der Waals surface area contributed by atoms with Crippen LogP contribution in [0, 0.1) is 5.82 Å². The first-order valence-corrected chi connectivity index (χ1v) is 7.60. The van der Waals surface area contributed by atoms with Gasteiger partial charge in [-0.15, -0.1) is 0 Å². The molecule has 1 aliphatic rings. The monoisotopic (exact) mass is 293 g/mol. The molecule has 1 aromatic rings. The van der Waals surface area contributed by atoms with E-state index in [0.29, 0.717) is 12.6 Å². The average molecular weight is 293 g/mol. The van der Waals surface area contributed by atoms with E-state index in [2.05, 4.69) is 11.8 Å². The van der Waals surface area contributed by atoms with E-state index in [4.69, 9.17) is 5.73 Å². The van der Waals surface area contributed by atoms with Crippen LogP contribution in [0.5, 0.6) is 0 Å². The smallest absolute Gasteiger partial charge is 0.227 e. The topological polar surface area (TPSA) is 49.6 Å². The summed E-state index contributed by atoms with van der Waals surface area (Å²) < 4.78 is 13.1. The van der Waals surface area contributed by atoms with E-state index in [0.717, 1.165) is 38.2 Å². The lowest BCUT2D eigenvalue weighted by Gasteiger charge is -2.38. The molecule has 0 saturated carbocycles. The molecule has 1 amide bonds. The molecule has 0 spiro atoms. The number of piperazine rings is 1. The zero-order valence-electron chi connectivity index (χ0n) is 12.6. The molecule has 5 heteroatoms. The Bertz CT molecular complexity index is 468. The Balaban J connectivity index is 1.86. The first kappa shape index (κ1) is 15.9. The molecule has 21 heavy (non-hydrogen) atoms. The van der Waals surface area contributed by atoms with Crippen LogP contribution in [0.1, 0.15) is 18.9 Å². The number of carbonyl (C=O) groups is 1. The Morgan fingerprint density at radius 2 is 2.05 bits per heavy atom. The van der Waals surface area contributed by atoms with Gasteiger partial charge in [0.25, 0.3) is 0 Å². The quantitative estimate of drug-likeness (QED) is 0.889. The molecule has 1 saturated heterocycles. The fraction of sp³-hybridized carbons (Fsp3) is 0.562. The molecule has 1 unspecified atom stereocenters. The summed E-state index contributed by atoms with van der Waals surface area (Å²) >= 11 is 0. The molecule has 4 nitrogen and oxygen atoms in total. The summed E-state index contributed by atoms with van der Waals surface area (Å²) in [6, 6.07) is 6.66. The first-order valence-electron chi connectivity index (χ1n) is 7.60. The van der Waals surface area contributed by atoms with Gasteiger partial charge in [0.15, 0.2) is 0 Å². The predicted octanol–water partition coefficient (Wildman–Crippen LogP) is 1.25. The molecular weight excluding hydrogens is 269 g/mol. The SMILES string of the molecule is CCC(CN)N1CCN(C(=O)Cc2cccc(F)c2)CC1.